The Balaban J connectivity index is 6.13. The van der Waals surface area contributed by atoms with Gasteiger partial charge in [-0.05, 0) is 0 Å². The molecule has 0 atom stereocenters. The van der Waals surface area contributed by atoms with Crippen molar-refractivity contribution in [2.24, 2.45) is 0 Å². The van der Waals surface area contributed by atoms with Crippen molar-refractivity contribution in [3.05, 3.63) is 0 Å². The Kier molecular flexibility index (Phi) is 8.19. The minimum atomic E-state index is -2.91. The quantitative estimate of drug-likeness (QED) is 0.588. The van der Waals surface area contributed by atoms with Crippen molar-refractivity contribution in [1.29, 1.82) is 0 Å². The van der Waals surface area contributed by atoms with Crippen LogP contribution in [0.4, 0.5) is 0 Å². The highest BCUT2D eigenvalue weighted by Crippen LogP contribution is 2.44. The van der Waals surface area contributed by atoms with Crippen LogP contribution >= 0.6 is 0 Å². The largest absolute Gasteiger partial charge is 0.494 e. The Hall–Kier alpha value is -0.666. The van der Waals surface area contributed by atoms with E-state index in [0.29, 0.717) is 0 Å². The molecule has 0 aliphatic rings. The van der Waals surface area contributed by atoms with Gasteiger partial charge in [0.15, 0.2) is 0 Å². The lowest BCUT2D eigenvalue weighted by atomic mass is 10.5. The fourth-order valence-electron chi connectivity index (χ4n) is 3.02. The molecule has 7 heteroatoms. The molecule has 0 unspecified atom stereocenters. The van der Waals surface area contributed by atoms with Gasteiger partial charge in [0.1, 0.15) is 0 Å². The maximum Gasteiger partial charge on any atom is 0.398 e. The van der Waals surface area contributed by atoms with Gasteiger partial charge in [0.2, 0.25) is 0 Å². The van der Waals surface area contributed by atoms with E-state index in [1.165, 1.54) is 13.8 Å². The summed E-state index contributed by atoms with van der Waals surface area (Å²) < 4.78 is 18.3. The molecular weight excluding hydrogens is 328 g/mol. The third kappa shape index (κ3) is 5.15. The highest BCUT2D eigenvalue weighted by atomic mass is 28.5. The van der Waals surface area contributed by atoms with Crippen LogP contribution in [0, 0.1) is 0 Å². The molecule has 0 aliphatic carbocycles. The molecule has 0 bridgehead atoms. The first-order valence-electron chi connectivity index (χ1n) is 8.41. The summed E-state index contributed by atoms with van der Waals surface area (Å²) in [6.45, 7) is 19.0. The summed E-state index contributed by atoms with van der Waals surface area (Å²) >= 11 is 0. The second kappa shape index (κ2) is 8.44. The third-order valence-corrected chi connectivity index (χ3v) is 14.3. The molecular formula is C16H34O5Si2. The molecule has 0 rings (SSSR count). The monoisotopic (exact) mass is 362 g/mol. The molecule has 0 saturated carbocycles. The highest BCUT2D eigenvalue weighted by Gasteiger charge is 2.59. The number of carbonyl (C=O) groups excluding carboxylic acids is 2. The zero-order chi connectivity index (χ0) is 18.6. The zero-order valence-electron chi connectivity index (χ0n) is 16.4. The molecule has 0 amide bonds. The Labute approximate surface area is 143 Å². The predicted octanol–water partition coefficient (Wildman–Crippen LogP) is 4.65. The Morgan fingerprint density at radius 3 is 0.957 bits per heavy atom. The van der Waals surface area contributed by atoms with Crippen LogP contribution in [0.1, 0.15) is 69.2 Å². The van der Waals surface area contributed by atoms with E-state index >= 15 is 0 Å². The minimum absolute atomic E-state index is 0.0614. The van der Waals surface area contributed by atoms with E-state index in [9.17, 15) is 9.59 Å². The van der Waals surface area contributed by atoms with Crippen LogP contribution in [0.2, 0.25) is 22.2 Å². The van der Waals surface area contributed by atoms with E-state index < -0.39 is 17.1 Å². The summed E-state index contributed by atoms with van der Waals surface area (Å²) in [5, 5.41) is 0. The molecule has 0 aromatic carbocycles. The molecule has 0 spiro atoms. The molecule has 0 heterocycles. The molecule has 0 aliphatic heterocycles. The van der Waals surface area contributed by atoms with Gasteiger partial charge in [-0.2, -0.15) is 0 Å². The number of hydrogen-bond acceptors (Lipinski definition) is 5. The molecule has 136 valence electrons. The van der Waals surface area contributed by atoms with Crippen molar-refractivity contribution in [2.75, 3.05) is 0 Å². The van der Waals surface area contributed by atoms with E-state index in [2.05, 4.69) is 0 Å². The van der Waals surface area contributed by atoms with E-state index in [1.807, 2.05) is 55.4 Å². The average molecular weight is 363 g/mol. The lowest BCUT2D eigenvalue weighted by molar-refractivity contribution is -0.134. The smallest absolute Gasteiger partial charge is 0.398 e. The van der Waals surface area contributed by atoms with Gasteiger partial charge in [0.05, 0.1) is 0 Å². The van der Waals surface area contributed by atoms with Gasteiger partial charge in [0.25, 0.3) is 11.9 Å². The van der Waals surface area contributed by atoms with Gasteiger partial charge in [-0.15, -0.1) is 0 Å². The van der Waals surface area contributed by atoms with Gasteiger partial charge in [-0.1, -0.05) is 55.4 Å². The number of hydrogen-bond donors (Lipinski definition) is 0. The zero-order valence-corrected chi connectivity index (χ0v) is 18.4. The van der Waals surface area contributed by atoms with Crippen LogP contribution in [-0.4, -0.2) is 29.1 Å². The molecule has 0 radical (unpaired) electrons. The Bertz CT molecular complexity index is 365. The van der Waals surface area contributed by atoms with Gasteiger partial charge in [-0.3, -0.25) is 9.59 Å². The minimum Gasteiger partial charge on any atom is -0.494 e. The molecule has 5 nitrogen and oxygen atoms in total. The van der Waals surface area contributed by atoms with Crippen LogP contribution in [-0.2, 0) is 22.6 Å². The first-order chi connectivity index (χ1) is 10.3. The standard InChI is InChI=1S/C16H34O5Si2/c1-11(2)22(12(3)4,19-15(9)17)21-23(13(5)6,14(7)8)20-16(10)18/h11-14H,1-10H3. The van der Waals surface area contributed by atoms with Crippen molar-refractivity contribution in [3.63, 3.8) is 0 Å². The van der Waals surface area contributed by atoms with Gasteiger partial charge in [0, 0.05) is 36.0 Å². The molecule has 23 heavy (non-hydrogen) atoms. The number of carbonyl (C=O) groups is 2. The summed E-state index contributed by atoms with van der Waals surface area (Å²) in [4.78, 5) is 23.5. The Morgan fingerprint density at radius 2 is 0.826 bits per heavy atom. The summed E-state index contributed by atoms with van der Waals surface area (Å²) in [5.74, 6) is -0.672. The topological polar surface area (TPSA) is 61.8 Å². The molecule has 0 fully saturated rings. The maximum atomic E-state index is 11.8. The second-order valence-corrected chi connectivity index (χ2v) is 16.1. The summed E-state index contributed by atoms with van der Waals surface area (Å²) in [7, 11) is -5.81. The van der Waals surface area contributed by atoms with Crippen LogP contribution in [0.25, 0.3) is 0 Å². The fraction of sp³-hybridized carbons (Fsp3) is 0.875. The first-order valence-corrected chi connectivity index (χ1v) is 12.3. The van der Waals surface area contributed by atoms with E-state index in [1.54, 1.807) is 0 Å². The summed E-state index contributed by atoms with van der Waals surface area (Å²) in [5.41, 5.74) is 0.246. The van der Waals surface area contributed by atoms with Gasteiger partial charge in [-0.25, -0.2) is 0 Å². The maximum absolute atomic E-state index is 11.8. The predicted molar refractivity (Wildman–Crippen MR) is 96.5 cm³/mol. The van der Waals surface area contributed by atoms with Crippen molar-refractivity contribution in [1.82, 2.24) is 0 Å². The molecule has 0 aromatic rings. The van der Waals surface area contributed by atoms with Crippen molar-refractivity contribution < 1.29 is 22.6 Å². The number of rotatable bonds is 8. The van der Waals surface area contributed by atoms with E-state index in [-0.39, 0.29) is 34.1 Å². The van der Waals surface area contributed by atoms with Crippen LogP contribution in [0.5, 0.6) is 0 Å². The third-order valence-electron chi connectivity index (χ3n) is 4.14. The SMILES string of the molecule is CC(=O)O[Si](O[Si](OC(C)=O)(C(C)C)C(C)C)(C(C)C)C(C)C. The average Bonchev–Trinajstić information content (AvgIpc) is 2.34. The molecule has 0 N–H and O–H groups in total. The first kappa shape index (κ1) is 22.3. The lowest BCUT2D eigenvalue weighted by Crippen LogP contribution is -2.62. The normalized spacial score (nSPS) is 13.1. The summed E-state index contributed by atoms with van der Waals surface area (Å²) in [6.07, 6.45) is 0. The lowest BCUT2D eigenvalue weighted by Gasteiger charge is -2.46. The molecule has 0 saturated heterocycles. The fourth-order valence-corrected chi connectivity index (χ4v) is 13.6. The van der Waals surface area contributed by atoms with Crippen LogP contribution in [0.15, 0.2) is 0 Å². The molecule has 0 aromatic heterocycles. The van der Waals surface area contributed by atoms with Crippen LogP contribution < -0.4 is 0 Å². The van der Waals surface area contributed by atoms with Gasteiger partial charge >= 0.3 is 17.1 Å². The van der Waals surface area contributed by atoms with Crippen molar-refractivity contribution in [2.45, 2.75) is 91.4 Å². The van der Waals surface area contributed by atoms with Crippen molar-refractivity contribution in [3.8, 4) is 0 Å². The van der Waals surface area contributed by atoms with Gasteiger partial charge < -0.3 is 13.0 Å². The second-order valence-electron chi connectivity index (χ2n) is 7.35. The highest BCUT2D eigenvalue weighted by molar-refractivity contribution is 6.85. The summed E-state index contributed by atoms with van der Waals surface area (Å²) in [6, 6.07) is 0. The van der Waals surface area contributed by atoms with Crippen molar-refractivity contribution >= 4 is 29.1 Å². The van der Waals surface area contributed by atoms with Crippen LogP contribution in [0.3, 0.4) is 0 Å². The van der Waals surface area contributed by atoms with E-state index in [4.69, 9.17) is 13.0 Å². The Morgan fingerprint density at radius 1 is 0.609 bits per heavy atom. The van der Waals surface area contributed by atoms with E-state index in [0.717, 1.165) is 0 Å².